The zero-order chi connectivity index (χ0) is 14.6. The van der Waals surface area contributed by atoms with E-state index < -0.39 is 10.0 Å². The topological polar surface area (TPSA) is 58.2 Å². The summed E-state index contributed by atoms with van der Waals surface area (Å²) < 4.78 is 28.3. The molecule has 20 heavy (non-hydrogen) atoms. The van der Waals surface area contributed by atoms with E-state index in [1.807, 2.05) is 12.1 Å². The molecule has 0 aromatic heterocycles. The maximum atomic E-state index is 12.5. The number of para-hydroxylation sites is 1. The van der Waals surface area contributed by atoms with Gasteiger partial charge in [0.1, 0.15) is 0 Å². The van der Waals surface area contributed by atoms with Crippen LogP contribution < -0.4 is 10.0 Å². The normalized spacial score (nSPS) is 11.3. The van der Waals surface area contributed by atoms with E-state index in [2.05, 4.69) is 26.0 Å². The van der Waals surface area contributed by atoms with Crippen LogP contribution in [0.5, 0.6) is 0 Å². The summed E-state index contributed by atoms with van der Waals surface area (Å²) >= 11 is 3.33. The molecule has 0 saturated heterocycles. The van der Waals surface area contributed by atoms with Crippen molar-refractivity contribution < 1.29 is 8.42 Å². The molecule has 0 aliphatic rings. The van der Waals surface area contributed by atoms with E-state index in [1.165, 1.54) is 0 Å². The third-order valence-electron chi connectivity index (χ3n) is 2.75. The van der Waals surface area contributed by atoms with E-state index in [-0.39, 0.29) is 4.90 Å². The van der Waals surface area contributed by atoms with Gasteiger partial charge in [-0.1, -0.05) is 30.3 Å². The van der Waals surface area contributed by atoms with Crippen molar-refractivity contribution in [1.82, 2.24) is 5.32 Å². The SMILES string of the molecule is CNCc1ccccc1S(=O)(=O)Nc1ccccc1Br. The molecule has 106 valence electrons. The van der Waals surface area contributed by atoms with Gasteiger partial charge < -0.3 is 5.32 Å². The van der Waals surface area contributed by atoms with Gasteiger partial charge in [-0.25, -0.2) is 8.42 Å². The van der Waals surface area contributed by atoms with E-state index >= 15 is 0 Å². The first-order valence-corrected chi connectivity index (χ1v) is 8.32. The third kappa shape index (κ3) is 3.39. The molecule has 2 rings (SSSR count). The van der Waals surface area contributed by atoms with Crippen LogP contribution in [0.1, 0.15) is 5.56 Å². The fraction of sp³-hybridized carbons (Fsp3) is 0.143. The summed E-state index contributed by atoms with van der Waals surface area (Å²) in [5.41, 5.74) is 1.25. The number of benzene rings is 2. The molecule has 0 aliphatic heterocycles. The van der Waals surface area contributed by atoms with Crippen molar-refractivity contribution >= 4 is 31.6 Å². The molecular weight excluding hydrogens is 340 g/mol. The molecule has 0 spiro atoms. The Kier molecular flexibility index (Phi) is 4.80. The minimum atomic E-state index is -3.61. The quantitative estimate of drug-likeness (QED) is 0.867. The standard InChI is InChI=1S/C14H15BrN2O2S/c1-16-10-11-6-2-5-9-14(11)20(18,19)17-13-8-4-3-7-12(13)15/h2-9,16-17H,10H2,1H3. The Morgan fingerprint density at radius 1 is 1.05 bits per heavy atom. The monoisotopic (exact) mass is 354 g/mol. The average molecular weight is 355 g/mol. The maximum Gasteiger partial charge on any atom is 0.262 e. The van der Waals surface area contributed by atoms with Crippen LogP contribution in [0.4, 0.5) is 5.69 Å². The van der Waals surface area contributed by atoms with Crippen molar-refractivity contribution in [3.63, 3.8) is 0 Å². The van der Waals surface area contributed by atoms with Crippen LogP contribution >= 0.6 is 15.9 Å². The highest BCUT2D eigenvalue weighted by molar-refractivity contribution is 9.10. The average Bonchev–Trinajstić information content (AvgIpc) is 2.42. The van der Waals surface area contributed by atoms with Crippen molar-refractivity contribution in [2.24, 2.45) is 0 Å². The molecule has 2 N–H and O–H groups in total. The van der Waals surface area contributed by atoms with Crippen molar-refractivity contribution in [1.29, 1.82) is 0 Å². The summed E-state index contributed by atoms with van der Waals surface area (Å²) in [6.45, 7) is 0.493. The van der Waals surface area contributed by atoms with Crippen LogP contribution in [-0.2, 0) is 16.6 Å². The Balaban J connectivity index is 2.39. The lowest BCUT2D eigenvalue weighted by molar-refractivity contribution is 0.599. The van der Waals surface area contributed by atoms with E-state index in [0.717, 1.165) is 5.56 Å². The minimum Gasteiger partial charge on any atom is -0.316 e. The predicted molar refractivity (Wildman–Crippen MR) is 84.2 cm³/mol. The molecule has 2 aromatic rings. The summed E-state index contributed by atoms with van der Waals surface area (Å²) in [6, 6.07) is 14.0. The lowest BCUT2D eigenvalue weighted by Crippen LogP contribution is -2.17. The molecule has 0 aliphatic carbocycles. The molecule has 0 radical (unpaired) electrons. The number of nitrogens with one attached hydrogen (secondary N) is 2. The Bertz CT molecular complexity index is 702. The highest BCUT2D eigenvalue weighted by Gasteiger charge is 2.18. The van der Waals surface area contributed by atoms with Crippen LogP contribution in [0.15, 0.2) is 57.9 Å². The van der Waals surface area contributed by atoms with Crippen molar-refractivity contribution in [3.05, 3.63) is 58.6 Å². The van der Waals surface area contributed by atoms with Gasteiger partial charge in [-0.05, 0) is 46.7 Å². The van der Waals surface area contributed by atoms with Crippen LogP contribution in [0.2, 0.25) is 0 Å². The van der Waals surface area contributed by atoms with Crippen LogP contribution in [-0.4, -0.2) is 15.5 Å². The van der Waals surface area contributed by atoms with Gasteiger partial charge in [-0.2, -0.15) is 0 Å². The summed E-state index contributed by atoms with van der Waals surface area (Å²) in [5.74, 6) is 0. The zero-order valence-corrected chi connectivity index (χ0v) is 13.3. The number of rotatable bonds is 5. The maximum absolute atomic E-state index is 12.5. The van der Waals surface area contributed by atoms with Gasteiger partial charge >= 0.3 is 0 Å². The largest absolute Gasteiger partial charge is 0.316 e. The molecule has 2 aromatic carbocycles. The Labute approximate surface area is 127 Å². The number of halogens is 1. The van der Waals surface area contributed by atoms with Gasteiger partial charge in [0.05, 0.1) is 10.6 Å². The summed E-state index contributed by atoms with van der Waals surface area (Å²) in [6.07, 6.45) is 0. The van der Waals surface area contributed by atoms with E-state index in [1.54, 1.807) is 43.4 Å². The second-order valence-corrected chi connectivity index (χ2v) is 6.73. The van der Waals surface area contributed by atoms with Crippen molar-refractivity contribution in [2.75, 3.05) is 11.8 Å². The zero-order valence-electron chi connectivity index (χ0n) is 10.9. The molecule has 0 atom stereocenters. The van der Waals surface area contributed by atoms with Crippen LogP contribution in [0.3, 0.4) is 0 Å². The highest BCUT2D eigenvalue weighted by Crippen LogP contribution is 2.25. The smallest absolute Gasteiger partial charge is 0.262 e. The molecule has 0 amide bonds. The van der Waals surface area contributed by atoms with Gasteiger partial charge in [-0.3, -0.25) is 4.72 Å². The van der Waals surface area contributed by atoms with Gasteiger partial charge in [0, 0.05) is 11.0 Å². The summed E-state index contributed by atoms with van der Waals surface area (Å²) in [4.78, 5) is 0.283. The first-order chi connectivity index (χ1) is 9.54. The second-order valence-electron chi connectivity index (χ2n) is 4.22. The molecule has 0 heterocycles. The van der Waals surface area contributed by atoms with Gasteiger partial charge in [0.25, 0.3) is 10.0 Å². The number of hydrogen-bond acceptors (Lipinski definition) is 3. The molecule has 0 unspecified atom stereocenters. The van der Waals surface area contributed by atoms with E-state index in [4.69, 9.17) is 0 Å². The fourth-order valence-corrected chi connectivity index (χ4v) is 3.68. The molecule has 0 bridgehead atoms. The van der Waals surface area contributed by atoms with Gasteiger partial charge in [0.2, 0.25) is 0 Å². The third-order valence-corrected chi connectivity index (χ3v) is 4.90. The Morgan fingerprint density at radius 2 is 1.70 bits per heavy atom. The predicted octanol–water partition coefficient (Wildman–Crippen LogP) is 2.97. The lowest BCUT2D eigenvalue weighted by Gasteiger charge is -2.13. The molecule has 6 heteroatoms. The van der Waals surface area contributed by atoms with Gasteiger partial charge in [0.15, 0.2) is 0 Å². The minimum absolute atomic E-state index is 0.283. The Morgan fingerprint density at radius 3 is 2.40 bits per heavy atom. The highest BCUT2D eigenvalue weighted by atomic mass is 79.9. The molecule has 4 nitrogen and oxygen atoms in total. The fourth-order valence-electron chi connectivity index (χ4n) is 1.85. The second kappa shape index (κ2) is 6.39. The van der Waals surface area contributed by atoms with Gasteiger partial charge in [-0.15, -0.1) is 0 Å². The van der Waals surface area contributed by atoms with Crippen molar-refractivity contribution in [2.45, 2.75) is 11.4 Å². The van der Waals surface area contributed by atoms with Crippen LogP contribution in [0.25, 0.3) is 0 Å². The Hall–Kier alpha value is -1.37. The first-order valence-electron chi connectivity index (χ1n) is 6.04. The van der Waals surface area contributed by atoms with E-state index in [9.17, 15) is 8.42 Å². The molecule has 0 saturated carbocycles. The first kappa shape index (κ1) is 15.0. The van der Waals surface area contributed by atoms with E-state index in [0.29, 0.717) is 16.7 Å². The number of hydrogen-bond donors (Lipinski definition) is 2. The number of anilines is 1. The molecule has 0 fully saturated rings. The van der Waals surface area contributed by atoms with Crippen LogP contribution in [0, 0.1) is 0 Å². The van der Waals surface area contributed by atoms with Crippen molar-refractivity contribution in [3.8, 4) is 0 Å². The molecular formula is C14H15BrN2O2S. The lowest BCUT2D eigenvalue weighted by atomic mass is 10.2. The summed E-state index contributed by atoms with van der Waals surface area (Å²) in [5, 5.41) is 2.97. The number of sulfonamides is 1. The summed E-state index contributed by atoms with van der Waals surface area (Å²) in [7, 11) is -1.83.